The van der Waals surface area contributed by atoms with E-state index in [1.54, 1.807) is 6.08 Å². The molecule has 0 spiro atoms. The lowest BCUT2D eigenvalue weighted by molar-refractivity contribution is -0.116. The number of aromatic nitrogens is 1. The molecule has 32 heavy (non-hydrogen) atoms. The van der Waals surface area contributed by atoms with Crippen LogP contribution in [0.1, 0.15) is 29.9 Å². The number of oxazole rings is 1. The van der Waals surface area contributed by atoms with E-state index >= 15 is 0 Å². The number of carbonyl (C=O) groups excluding carboxylic acids is 2. The quantitative estimate of drug-likeness (QED) is 0.388. The van der Waals surface area contributed by atoms with E-state index in [0.29, 0.717) is 25.3 Å². The molecule has 0 radical (unpaired) electrons. The third kappa shape index (κ3) is 5.43. The second-order valence-corrected chi connectivity index (χ2v) is 7.43. The molecule has 7 heteroatoms. The summed E-state index contributed by atoms with van der Waals surface area (Å²) < 4.78 is 16.4. The lowest BCUT2D eigenvalue weighted by Gasteiger charge is -2.06. The van der Waals surface area contributed by atoms with Crippen molar-refractivity contribution in [2.75, 3.05) is 6.61 Å². The van der Waals surface area contributed by atoms with Crippen LogP contribution in [-0.4, -0.2) is 23.6 Å². The number of benzene rings is 2. The molecule has 1 saturated heterocycles. The standard InChI is InChI=1S/C25H24N2O5/c1-17-21(26-24(31-17)19-8-3-2-4-9-19)15-16-30-20-13-11-18(12-14-20)7-5-6-10-22-23(28)27-25(29)32-22/h2-4,8-14H,5-7,15-16H2,1H3,(H,27,28,29)/b22-10-. The summed E-state index contributed by atoms with van der Waals surface area (Å²) in [7, 11) is 0. The van der Waals surface area contributed by atoms with Crippen LogP contribution in [0.4, 0.5) is 4.79 Å². The van der Waals surface area contributed by atoms with E-state index in [1.165, 1.54) is 5.56 Å². The van der Waals surface area contributed by atoms with Gasteiger partial charge in [-0.25, -0.2) is 9.78 Å². The molecule has 1 fully saturated rings. The van der Waals surface area contributed by atoms with Crippen molar-refractivity contribution in [2.24, 2.45) is 0 Å². The maximum absolute atomic E-state index is 11.4. The van der Waals surface area contributed by atoms with Crippen LogP contribution in [-0.2, 0) is 22.4 Å². The fraction of sp³-hybridized carbons (Fsp3) is 0.240. The molecule has 1 aromatic heterocycles. The average molecular weight is 432 g/mol. The molecule has 0 saturated carbocycles. The van der Waals surface area contributed by atoms with Gasteiger partial charge >= 0.3 is 6.09 Å². The van der Waals surface area contributed by atoms with Crippen LogP contribution < -0.4 is 10.1 Å². The summed E-state index contributed by atoms with van der Waals surface area (Å²) in [5, 5.41) is 2.08. The van der Waals surface area contributed by atoms with Crippen LogP contribution in [0.25, 0.3) is 11.5 Å². The first kappa shape index (κ1) is 21.4. The third-order valence-electron chi connectivity index (χ3n) is 5.09. The van der Waals surface area contributed by atoms with Crippen LogP contribution in [0.5, 0.6) is 5.75 Å². The highest BCUT2D eigenvalue weighted by molar-refractivity contribution is 6.07. The monoisotopic (exact) mass is 432 g/mol. The first-order chi connectivity index (χ1) is 15.6. The lowest BCUT2D eigenvalue weighted by Crippen LogP contribution is -2.18. The summed E-state index contributed by atoms with van der Waals surface area (Å²) in [5.74, 6) is 1.84. The van der Waals surface area contributed by atoms with E-state index in [2.05, 4.69) is 10.3 Å². The number of allylic oxidation sites excluding steroid dienone is 1. The fourth-order valence-corrected chi connectivity index (χ4v) is 3.38. The number of hydrogen-bond acceptors (Lipinski definition) is 6. The van der Waals surface area contributed by atoms with Crippen molar-refractivity contribution in [3.8, 4) is 17.2 Å². The second kappa shape index (κ2) is 9.96. The van der Waals surface area contributed by atoms with Crippen LogP contribution in [0, 0.1) is 6.92 Å². The van der Waals surface area contributed by atoms with Crippen molar-refractivity contribution in [2.45, 2.75) is 32.6 Å². The molecule has 2 aromatic carbocycles. The summed E-state index contributed by atoms with van der Waals surface area (Å²) in [5.41, 5.74) is 3.03. The van der Waals surface area contributed by atoms with Gasteiger partial charge in [0.25, 0.3) is 5.91 Å². The van der Waals surface area contributed by atoms with Crippen LogP contribution >= 0.6 is 0 Å². The van der Waals surface area contributed by atoms with Gasteiger partial charge in [-0.15, -0.1) is 0 Å². The Labute approximate surface area is 186 Å². The molecule has 0 atom stereocenters. The van der Waals surface area contributed by atoms with Gasteiger partial charge in [-0.2, -0.15) is 0 Å². The van der Waals surface area contributed by atoms with Gasteiger partial charge < -0.3 is 13.9 Å². The molecule has 3 aromatic rings. The SMILES string of the molecule is Cc1oc(-c2ccccc2)nc1CCOc1ccc(CCC/C=C2\OC(=O)NC2=O)cc1. The largest absolute Gasteiger partial charge is 0.493 e. The Balaban J connectivity index is 1.22. The number of nitrogens with zero attached hydrogens (tertiary/aromatic N) is 1. The molecular weight excluding hydrogens is 408 g/mol. The smallest absolute Gasteiger partial charge is 0.419 e. The Morgan fingerprint density at radius 1 is 1.03 bits per heavy atom. The first-order valence-electron chi connectivity index (χ1n) is 10.6. The van der Waals surface area contributed by atoms with Crippen molar-refractivity contribution >= 4 is 12.0 Å². The molecule has 4 rings (SSSR count). The zero-order chi connectivity index (χ0) is 22.3. The van der Waals surface area contributed by atoms with Gasteiger partial charge in [-0.05, 0) is 62.1 Å². The topological polar surface area (TPSA) is 90.7 Å². The number of ether oxygens (including phenoxy) is 2. The molecule has 164 valence electrons. The average Bonchev–Trinajstić information content (AvgIpc) is 3.33. The molecular formula is C25H24N2O5. The Kier molecular flexibility index (Phi) is 6.65. The molecule has 1 aliphatic rings. The van der Waals surface area contributed by atoms with Gasteiger partial charge in [0.1, 0.15) is 11.5 Å². The Morgan fingerprint density at radius 2 is 1.81 bits per heavy atom. The summed E-state index contributed by atoms with van der Waals surface area (Å²) >= 11 is 0. The van der Waals surface area contributed by atoms with Gasteiger partial charge in [0.05, 0.1) is 12.3 Å². The molecule has 2 amide bonds. The summed E-state index contributed by atoms with van der Waals surface area (Å²) in [6, 6.07) is 17.8. The minimum Gasteiger partial charge on any atom is -0.493 e. The minimum atomic E-state index is -0.716. The highest BCUT2D eigenvalue weighted by Gasteiger charge is 2.25. The molecule has 0 bridgehead atoms. The van der Waals surface area contributed by atoms with Gasteiger partial charge in [-0.1, -0.05) is 30.3 Å². The van der Waals surface area contributed by atoms with Crippen LogP contribution in [0.2, 0.25) is 0 Å². The molecule has 1 aliphatic heterocycles. The molecule has 0 unspecified atom stereocenters. The maximum Gasteiger partial charge on any atom is 0.419 e. The highest BCUT2D eigenvalue weighted by Crippen LogP contribution is 2.22. The van der Waals surface area contributed by atoms with E-state index in [-0.39, 0.29) is 5.76 Å². The number of amides is 2. The number of nitrogens with one attached hydrogen (secondary N) is 1. The predicted molar refractivity (Wildman–Crippen MR) is 118 cm³/mol. The van der Waals surface area contributed by atoms with E-state index < -0.39 is 12.0 Å². The summed E-state index contributed by atoms with van der Waals surface area (Å²) in [6.07, 6.45) is 3.93. The number of carbonyl (C=O) groups is 2. The van der Waals surface area contributed by atoms with Crippen molar-refractivity contribution < 1.29 is 23.5 Å². The predicted octanol–water partition coefficient (Wildman–Crippen LogP) is 4.74. The van der Waals surface area contributed by atoms with E-state index in [0.717, 1.165) is 35.6 Å². The van der Waals surface area contributed by atoms with E-state index in [1.807, 2.05) is 61.5 Å². The molecule has 2 heterocycles. The van der Waals surface area contributed by atoms with Crippen molar-refractivity contribution in [3.05, 3.63) is 83.5 Å². The third-order valence-corrected chi connectivity index (χ3v) is 5.09. The number of unbranched alkanes of at least 4 members (excludes halogenated alkanes) is 1. The number of aryl methyl sites for hydroxylation is 2. The molecule has 7 nitrogen and oxygen atoms in total. The first-order valence-corrected chi connectivity index (χ1v) is 10.6. The van der Waals surface area contributed by atoms with Crippen molar-refractivity contribution in [1.29, 1.82) is 0 Å². The number of cyclic esters (lactones) is 1. The zero-order valence-corrected chi connectivity index (χ0v) is 17.8. The number of alkyl carbamates (subject to hydrolysis) is 1. The number of hydrogen-bond donors (Lipinski definition) is 1. The van der Waals surface area contributed by atoms with Gasteiger partial charge in [0.15, 0.2) is 5.76 Å². The minimum absolute atomic E-state index is 0.0805. The maximum atomic E-state index is 11.4. The van der Waals surface area contributed by atoms with E-state index in [9.17, 15) is 9.59 Å². The summed E-state index contributed by atoms with van der Waals surface area (Å²) in [4.78, 5) is 27.0. The zero-order valence-electron chi connectivity index (χ0n) is 17.8. The van der Waals surface area contributed by atoms with Crippen LogP contribution in [0.15, 0.2) is 70.8 Å². The second-order valence-electron chi connectivity index (χ2n) is 7.43. The Morgan fingerprint density at radius 3 is 2.53 bits per heavy atom. The molecule has 0 aliphatic carbocycles. The summed E-state index contributed by atoms with van der Waals surface area (Å²) in [6.45, 7) is 2.43. The molecule has 1 N–H and O–H groups in total. The van der Waals surface area contributed by atoms with Gasteiger partial charge in [0, 0.05) is 12.0 Å². The highest BCUT2D eigenvalue weighted by atomic mass is 16.6. The van der Waals surface area contributed by atoms with E-state index in [4.69, 9.17) is 13.9 Å². The number of imide groups is 1. The lowest BCUT2D eigenvalue weighted by atomic mass is 10.1. The Hall–Kier alpha value is -3.87. The number of rotatable bonds is 9. The normalized spacial score (nSPS) is 14.5. The Bertz CT molecular complexity index is 1120. The van der Waals surface area contributed by atoms with Crippen LogP contribution in [0.3, 0.4) is 0 Å². The van der Waals surface area contributed by atoms with Gasteiger partial charge in [-0.3, -0.25) is 10.1 Å². The van der Waals surface area contributed by atoms with Gasteiger partial charge in [0.2, 0.25) is 5.89 Å². The van der Waals surface area contributed by atoms with Crippen molar-refractivity contribution in [1.82, 2.24) is 10.3 Å². The fourth-order valence-electron chi connectivity index (χ4n) is 3.38. The van der Waals surface area contributed by atoms with Crippen molar-refractivity contribution in [3.63, 3.8) is 0 Å².